The molecule has 3 aromatic heterocycles. The van der Waals surface area contributed by atoms with Crippen LogP contribution in [-0.2, 0) is 9.53 Å². The smallest absolute Gasteiger partial charge is 0.362 e. The summed E-state index contributed by atoms with van der Waals surface area (Å²) < 4.78 is 7.45. The maximum atomic E-state index is 13.9. The summed E-state index contributed by atoms with van der Waals surface area (Å²) in [6, 6.07) is 9.87. The third-order valence-electron chi connectivity index (χ3n) is 6.80. The van der Waals surface area contributed by atoms with Crippen LogP contribution in [0.15, 0.2) is 66.9 Å². The van der Waals surface area contributed by atoms with Crippen LogP contribution in [0.5, 0.6) is 0 Å². The van der Waals surface area contributed by atoms with Gasteiger partial charge >= 0.3 is 5.97 Å². The van der Waals surface area contributed by atoms with E-state index in [9.17, 15) is 14.4 Å². The molecule has 42 heavy (non-hydrogen) atoms. The van der Waals surface area contributed by atoms with E-state index >= 15 is 0 Å². The van der Waals surface area contributed by atoms with E-state index in [1.165, 1.54) is 36.8 Å². The molecule has 12 heteroatoms. The first-order valence-electron chi connectivity index (χ1n) is 12.9. The first-order valence-corrected chi connectivity index (χ1v) is 14.1. The average Bonchev–Trinajstić information content (AvgIpc) is 3.52. The van der Waals surface area contributed by atoms with Crippen LogP contribution in [0.4, 0.5) is 0 Å². The Kier molecular flexibility index (Phi) is 8.72. The lowest BCUT2D eigenvalue weighted by Gasteiger charge is -2.15. The normalized spacial score (nSPS) is 14.8. The number of pyridine rings is 2. The highest BCUT2D eigenvalue weighted by atomic mass is 35.5. The van der Waals surface area contributed by atoms with Gasteiger partial charge in [-0.25, -0.2) is 19.4 Å². The van der Waals surface area contributed by atoms with Crippen molar-refractivity contribution >= 4 is 58.0 Å². The third kappa shape index (κ3) is 6.38. The number of carbonyl (C=O) groups is 3. The summed E-state index contributed by atoms with van der Waals surface area (Å²) in [5.41, 5.74) is 3.63. The maximum absolute atomic E-state index is 13.9. The number of amides is 1. The number of hydrogen-bond donors (Lipinski definition) is 1. The van der Waals surface area contributed by atoms with E-state index in [2.05, 4.69) is 20.4 Å². The second-order valence-corrected chi connectivity index (χ2v) is 11.1. The van der Waals surface area contributed by atoms with Gasteiger partial charge in [-0.2, -0.15) is 5.10 Å². The van der Waals surface area contributed by atoms with Gasteiger partial charge in [0.2, 0.25) is 0 Å². The van der Waals surface area contributed by atoms with Crippen LogP contribution in [0.3, 0.4) is 0 Å². The minimum atomic E-state index is -0.701. The Morgan fingerprint density at radius 3 is 2.17 bits per heavy atom. The second kappa shape index (κ2) is 12.4. The van der Waals surface area contributed by atoms with Crippen molar-refractivity contribution in [1.82, 2.24) is 25.1 Å². The highest BCUT2D eigenvalue weighted by Gasteiger charge is 2.37. The van der Waals surface area contributed by atoms with E-state index in [1.807, 2.05) is 26.0 Å². The summed E-state index contributed by atoms with van der Waals surface area (Å²) in [5.74, 6) is -1.54. The lowest BCUT2D eigenvalue weighted by molar-refractivity contribution is -0.116. The molecule has 1 N–H and O–H groups in total. The van der Waals surface area contributed by atoms with Crippen LogP contribution in [0, 0.1) is 19.8 Å². The molecule has 9 nitrogen and oxygen atoms in total. The largest absolute Gasteiger partial charge is 0.426 e. The fourth-order valence-electron chi connectivity index (χ4n) is 4.88. The molecule has 0 fully saturated rings. The van der Waals surface area contributed by atoms with E-state index in [0.717, 1.165) is 16.8 Å². The predicted molar refractivity (Wildman–Crippen MR) is 159 cm³/mol. The maximum Gasteiger partial charge on any atom is 0.362 e. The number of Topliss-reactive ketones (excluding diaryl/α,β-unsaturated/α-hetero) is 1. The number of ether oxygens (including phenoxy) is 1. The number of esters is 1. The molecule has 4 aromatic rings. The van der Waals surface area contributed by atoms with Gasteiger partial charge in [0.15, 0.2) is 5.78 Å². The first-order chi connectivity index (χ1) is 20.1. The van der Waals surface area contributed by atoms with Gasteiger partial charge in [0.05, 0.1) is 32.5 Å². The van der Waals surface area contributed by atoms with Gasteiger partial charge < -0.3 is 10.1 Å². The molecule has 0 radical (unpaired) electrons. The Morgan fingerprint density at radius 1 is 0.952 bits per heavy atom. The summed E-state index contributed by atoms with van der Waals surface area (Å²) in [4.78, 5) is 47.5. The van der Waals surface area contributed by atoms with Crippen molar-refractivity contribution in [3.63, 3.8) is 0 Å². The topological polar surface area (TPSA) is 116 Å². The molecule has 1 amide bonds. The monoisotopic (exact) mass is 623 g/mol. The van der Waals surface area contributed by atoms with E-state index in [-0.39, 0.29) is 41.8 Å². The molecule has 1 aliphatic rings. The van der Waals surface area contributed by atoms with Crippen molar-refractivity contribution in [2.45, 2.75) is 26.7 Å². The standard InChI is InChI=1S/C30H24Cl3N5O4/c1-16-9-22(38-15-21(33)14-37-38)10-17(2)26(16)27-25(42-30(41)24-6-4-20(32)13-36-24)11-18(28(27)39)7-8-34-29(40)23-5-3-19(31)12-35-23/h3-6,9-10,12-15,18H,7-8,11H2,1-2H3,(H,34,40). The zero-order valence-corrected chi connectivity index (χ0v) is 24.8. The van der Waals surface area contributed by atoms with Gasteiger partial charge in [-0.05, 0) is 73.4 Å². The van der Waals surface area contributed by atoms with Crippen molar-refractivity contribution in [3.8, 4) is 5.69 Å². The van der Waals surface area contributed by atoms with Crippen molar-refractivity contribution in [2.24, 2.45) is 5.92 Å². The third-order valence-corrected chi connectivity index (χ3v) is 7.44. The molecule has 0 saturated carbocycles. The zero-order valence-electron chi connectivity index (χ0n) is 22.5. The Labute approximate surface area is 256 Å². The lowest BCUT2D eigenvalue weighted by Crippen LogP contribution is -2.27. The number of nitrogens with zero attached hydrogens (tertiary/aromatic N) is 4. The summed E-state index contributed by atoms with van der Waals surface area (Å²) >= 11 is 17.8. The van der Waals surface area contributed by atoms with Crippen LogP contribution in [0.1, 0.15) is 50.5 Å². The van der Waals surface area contributed by atoms with E-state index < -0.39 is 11.9 Å². The number of aryl methyl sites for hydroxylation is 2. The highest BCUT2D eigenvalue weighted by Crippen LogP contribution is 2.40. The molecule has 1 unspecified atom stereocenters. The molecule has 1 atom stereocenters. The van der Waals surface area contributed by atoms with Crippen LogP contribution in [0.2, 0.25) is 15.1 Å². The quantitative estimate of drug-likeness (QED) is 0.232. The molecule has 1 aliphatic carbocycles. The number of carbonyl (C=O) groups excluding carboxylic acids is 3. The molecular weight excluding hydrogens is 601 g/mol. The second-order valence-electron chi connectivity index (χ2n) is 9.78. The number of allylic oxidation sites excluding steroid dienone is 2. The predicted octanol–water partition coefficient (Wildman–Crippen LogP) is 6.22. The molecule has 0 bridgehead atoms. The number of rotatable bonds is 8. The van der Waals surface area contributed by atoms with E-state index in [4.69, 9.17) is 39.5 Å². The molecule has 0 saturated heterocycles. The van der Waals surface area contributed by atoms with Gasteiger partial charge in [-0.3, -0.25) is 9.59 Å². The molecule has 1 aromatic carbocycles. The van der Waals surface area contributed by atoms with Crippen LogP contribution < -0.4 is 5.32 Å². The summed E-state index contributed by atoms with van der Waals surface area (Å²) in [7, 11) is 0. The number of hydrogen-bond acceptors (Lipinski definition) is 7. The SMILES string of the molecule is Cc1cc(-n2cc(Cl)cn2)cc(C)c1C1=C(OC(=O)c2ccc(Cl)cn2)CC(CCNC(=O)c2ccc(Cl)cn2)C1=O. The van der Waals surface area contributed by atoms with Crippen LogP contribution in [-0.4, -0.2) is 44.0 Å². The fraction of sp³-hybridized carbons (Fsp3) is 0.200. The molecule has 0 aliphatic heterocycles. The Bertz CT molecular complexity index is 1690. The van der Waals surface area contributed by atoms with E-state index in [1.54, 1.807) is 16.9 Å². The van der Waals surface area contributed by atoms with Crippen molar-refractivity contribution in [2.75, 3.05) is 6.54 Å². The highest BCUT2D eigenvalue weighted by molar-refractivity contribution is 6.31. The number of nitrogens with one attached hydrogen (secondary N) is 1. The first kappa shape index (κ1) is 29.4. The van der Waals surface area contributed by atoms with Gasteiger partial charge in [-0.1, -0.05) is 34.8 Å². The minimum absolute atomic E-state index is 0.0595. The molecule has 0 spiro atoms. The van der Waals surface area contributed by atoms with Crippen molar-refractivity contribution < 1.29 is 19.1 Å². The molecular formula is C30H24Cl3N5O4. The number of benzene rings is 1. The van der Waals surface area contributed by atoms with Gasteiger partial charge in [-0.15, -0.1) is 0 Å². The van der Waals surface area contributed by atoms with Crippen molar-refractivity contribution in [1.29, 1.82) is 0 Å². The zero-order chi connectivity index (χ0) is 30.0. The molecule has 214 valence electrons. The Balaban J connectivity index is 1.41. The minimum Gasteiger partial charge on any atom is -0.426 e. The summed E-state index contributed by atoms with van der Waals surface area (Å²) in [5, 5.41) is 8.35. The van der Waals surface area contributed by atoms with E-state index in [0.29, 0.717) is 32.6 Å². The number of aromatic nitrogens is 4. The molecule has 3 heterocycles. The summed E-state index contributed by atoms with van der Waals surface area (Å²) in [6.45, 7) is 3.97. The van der Waals surface area contributed by atoms with Crippen molar-refractivity contribution in [3.05, 3.63) is 110 Å². The Morgan fingerprint density at radius 2 is 1.60 bits per heavy atom. The summed E-state index contributed by atoms with van der Waals surface area (Å²) in [6.07, 6.45) is 6.47. The number of ketones is 1. The van der Waals surface area contributed by atoms with Gasteiger partial charge in [0, 0.05) is 37.5 Å². The van der Waals surface area contributed by atoms with Gasteiger partial charge in [0.1, 0.15) is 17.1 Å². The Hall–Kier alpha value is -4.05. The average molecular weight is 625 g/mol. The fourth-order valence-corrected chi connectivity index (χ4v) is 5.24. The molecule has 5 rings (SSSR count). The van der Waals surface area contributed by atoms with Crippen LogP contribution in [0.25, 0.3) is 11.3 Å². The lowest BCUT2D eigenvalue weighted by atomic mass is 9.91. The number of halogens is 3. The van der Waals surface area contributed by atoms with Gasteiger partial charge in [0.25, 0.3) is 5.91 Å². The van der Waals surface area contributed by atoms with Crippen LogP contribution >= 0.6 is 34.8 Å².